The van der Waals surface area contributed by atoms with Crippen LogP contribution in [0.3, 0.4) is 0 Å². The minimum absolute atomic E-state index is 0.496. The van der Waals surface area contributed by atoms with Crippen molar-refractivity contribution in [2.45, 2.75) is 155 Å². The summed E-state index contributed by atoms with van der Waals surface area (Å²) in [5, 5.41) is 12.2. The van der Waals surface area contributed by atoms with Crippen LogP contribution < -0.4 is 16.0 Å². The van der Waals surface area contributed by atoms with Crippen LogP contribution in [-0.4, -0.2) is 36.2 Å². The summed E-state index contributed by atoms with van der Waals surface area (Å²) >= 11 is 0. The average Bonchev–Trinajstić information content (AvgIpc) is 3.10. The van der Waals surface area contributed by atoms with Crippen LogP contribution in [0.4, 0.5) is 0 Å². The second-order valence-corrected chi connectivity index (χ2v) is 17.6. The van der Waals surface area contributed by atoms with Gasteiger partial charge in [-0.05, 0) is 142 Å². The standard InChI is InChI=1S/C44H70N4/c1-29(2)42(33-21-19-32(20-22-33)36-23-24-40(47-28-36)44(31(5)6)39-16-8-10-26-46-39)41-18-12-17-37(48-41)34-13-11-14-35(27-34)43(30(3)4)38-15-7-9-25-45-38/h8,10-11,13-14,16,26-27,29-33,36-38,40-45,47-48H,7,9,12,15,17-25,28H2,1-6H3. The molecule has 0 radical (unpaired) electrons. The number of hydrogen-bond acceptors (Lipinski definition) is 4. The van der Waals surface area contributed by atoms with E-state index in [9.17, 15) is 0 Å². The van der Waals surface area contributed by atoms with Crippen molar-refractivity contribution in [3.05, 3.63) is 65.5 Å². The molecule has 0 bridgehead atoms. The summed E-state index contributed by atoms with van der Waals surface area (Å²) in [5.41, 5.74) is 4.37. The number of rotatable bonds is 11. The molecule has 266 valence electrons. The van der Waals surface area contributed by atoms with Gasteiger partial charge in [0, 0.05) is 47.9 Å². The first kappa shape index (κ1) is 36.1. The smallest absolute Gasteiger partial charge is 0.0452 e. The third-order valence-corrected chi connectivity index (χ3v) is 13.6. The normalized spacial score (nSPS) is 32.3. The molecular formula is C44H70N4. The summed E-state index contributed by atoms with van der Waals surface area (Å²) in [4.78, 5) is 4.77. The Morgan fingerprint density at radius 2 is 1.38 bits per heavy atom. The van der Waals surface area contributed by atoms with Crippen LogP contribution in [-0.2, 0) is 0 Å². The summed E-state index contributed by atoms with van der Waals surface area (Å²) in [6.07, 6.45) is 18.4. The summed E-state index contributed by atoms with van der Waals surface area (Å²) in [5.74, 6) is 6.49. The van der Waals surface area contributed by atoms with E-state index < -0.39 is 0 Å². The van der Waals surface area contributed by atoms with Gasteiger partial charge in [0.1, 0.15) is 0 Å². The van der Waals surface area contributed by atoms with E-state index in [2.05, 4.69) is 93.9 Å². The Kier molecular flexibility index (Phi) is 12.7. The molecule has 3 aliphatic heterocycles. The lowest BCUT2D eigenvalue weighted by Gasteiger charge is -2.46. The molecule has 3 N–H and O–H groups in total. The van der Waals surface area contributed by atoms with Crippen LogP contribution in [0.25, 0.3) is 0 Å². The Morgan fingerprint density at radius 3 is 2.02 bits per heavy atom. The quantitative estimate of drug-likeness (QED) is 0.226. The second kappa shape index (κ2) is 17.0. The van der Waals surface area contributed by atoms with Gasteiger partial charge in [-0.25, -0.2) is 0 Å². The Hall–Kier alpha value is -1.75. The highest BCUT2D eigenvalue weighted by Crippen LogP contribution is 2.45. The third kappa shape index (κ3) is 8.57. The molecule has 2 aromatic rings. The number of pyridine rings is 1. The predicted octanol–water partition coefficient (Wildman–Crippen LogP) is 10.0. The fraction of sp³-hybridized carbons (Fsp3) is 0.750. The topological polar surface area (TPSA) is 49.0 Å². The van der Waals surface area contributed by atoms with E-state index in [4.69, 9.17) is 4.98 Å². The third-order valence-electron chi connectivity index (χ3n) is 13.6. The molecule has 4 heteroatoms. The lowest BCUT2D eigenvalue weighted by molar-refractivity contribution is 0.0815. The van der Waals surface area contributed by atoms with Crippen LogP contribution in [0, 0.1) is 41.4 Å². The zero-order valence-electron chi connectivity index (χ0n) is 31.5. The van der Waals surface area contributed by atoms with E-state index in [-0.39, 0.29) is 0 Å². The first-order valence-corrected chi connectivity index (χ1v) is 20.5. The van der Waals surface area contributed by atoms with Crippen LogP contribution in [0.2, 0.25) is 0 Å². The van der Waals surface area contributed by atoms with Crippen LogP contribution >= 0.6 is 0 Å². The second-order valence-electron chi connectivity index (χ2n) is 17.6. The van der Waals surface area contributed by atoms with Crippen molar-refractivity contribution in [2.24, 2.45) is 41.4 Å². The lowest BCUT2D eigenvalue weighted by Crippen LogP contribution is -2.48. The molecule has 4 aliphatic rings. The molecule has 1 saturated carbocycles. The first-order chi connectivity index (χ1) is 23.3. The van der Waals surface area contributed by atoms with Gasteiger partial charge in [0.2, 0.25) is 0 Å². The van der Waals surface area contributed by atoms with Gasteiger partial charge in [-0.3, -0.25) is 4.98 Å². The molecule has 1 aliphatic carbocycles. The summed E-state index contributed by atoms with van der Waals surface area (Å²) in [6, 6.07) is 18.6. The van der Waals surface area contributed by atoms with Crippen LogP contribution in [0.15, 0.2) is 48.7 Å². The highest BCUT2D eigenvalue weighted by atomic mass is 15.0. The molecule has 48 heavy (non-hydrogen) atoms. The Balaban J connectivity index is 1.05. The molecule has 1 aromatic heterocycles. The molecule has 6 rings (SSSR count). The molecule has 4 nitrogen and oxygen atoms in total. The van der Waals surface area contributed by atoms with Crippen molar-refractivity contribution < 1.29 is 0 Å². The molecule has 1 aromatic carbocycles. The molecule has 0 amide bonds. The Bertz CT molecular complexity index is 1220. The maximum Gasteiger partial charge on any atom is 0.0452 e. The molecule has 8 unspecified atom stereocenters. The van der Waals surface area contributed by atoms with Gasteiger partial charge >= 0.3 is 0 Å². The monoisotopic (exact) mass is 655 g/mol. The molecule has 8 atom stereocenters. The summed E-state index contributed by atoms with van der Waals surface area (Å²) in [6.45, 7) is 17.0. The number of benzene rings is 1. The average molecular weight is 655 g/mol. The molecular weight excluding hydrogens is 585 g/mol. The van der Waals surface area contributed by atoms with Crippen molar-refractivity contribution >= 4 is 0 Å². The van der Waals surface area contributed by atoms with E-state index in [1.54, 1.807) is 5.56 Å². The minimum atomic E-state index is 0.496. The maximum absolute atomic E-state index is 4.77. The fourth-order valence-corrected chi connectivity index (χ4v) is 11.3. The van der Waals surface area contributed by atoms with Gasteiger partial charge < -0.3 is 16.0 Å². The molecule has 4 fully saturated rings. The van der Waals surface area contributed by atoms with E-state index in [0.29, 0.717) is 47.8 Å². The van der Waals surface area contributed by atoms with Gasteiger partial charge in [0.15, 0.2) is 0 Å². The van der Waals surface area contributed by atoms with Gasteiger partial charge in [-0.15, -0.1) is 0 Å². The molecule has 3 saturated heterocycles. The van der Waals surface area contributed by atoms with Crippen molar-refractivity contribution in [1.82, 2.24) is 20.9 Å². The zero-order valence-corrected chi connectivity index (χ0v) is 31.5. The van der Waals surface area contributed by atoms with Gasteiger partial charge in [0.25, 0.3) is 0 Å². The number of piperidine rings is 3. The number of aromatic nitrogens is 1. The van der Waals surface area contributed by atoms with Crippen molar-refractivity contribution in [1.29, 1.82) is 0 Å². The van der Waals surface area contributed by atoms with Gasteiger partial charge in [-0.2, -0.15) is 0 Å². The molecule has 0 spiro atoms. The van der Waals surface area contributed by atoms with E-state index >= 15 is 0 Å². The maximum atomic E-state index is 4.77. The Morgan fingerprint density at radius 1 is 0.625 bits per heavy atom. The van der Waals surface area contributed by atoms with Gasteiger partial charge in [0.05, 0.1) is 0 Å². The highest BCUT2D eigenvalue weighted by Gasteiger charge is 2.40. The Labute approximate surface area is 294 Å². The summed E-state index contributed by atoms with van der Waals surface area (Å²) in [7, 11) is 0. The molecule has 4 heterocycles. The van der Waals surface area contributed by atoms with E-state index in [1.165, 1.54) is 101 Å². The predicted molar refractivity (Wildman–Crippen MR) is 203 cm³/mol. The number of hydrogen-bond donors (Lipinski definition) is 3. The SMILES string of the molecule is CC(C)C(c1cccc(C2CCCC(C(C(C)C)C3CCC(C4CCC(C(c5ccccn5)C(C)C)NC4)CC3)N2)c1)C1CCCCN1. The van der Waals surface area contributed by atoms with Crippen LogP contribution in [0.5, 0.6) is 0 Å². The number of nitrogens with one attached hydrogen (secondary N) is 3. The largest absolute Gasteiger partial charge is 0.313 e. The van der Waals surface area contributed by atoms with Gasteiger partial charge in [-0.1, -0.05) is 84.7 Å². The van der Waals surface area contributed by atoms with Crippen molar-refractivity contribution in [3.63, 3.8) is 0 Å². The fourth-order valence-electron chi connectivity index (χ4n) is 11.3. The highest BCUT2D eigenvalue weighted by molar-refractivity contribution is 5.31. The van der Waals surface area contributed by atoms with Crippen molar-refractivity contribution in [2.75, 3.05) is 13.1 Å². The first-order valence-electron chi connectivity index (χ1n) is 20.5. The van der Waals surface area contributed by atoms with Crippen LogP contribution in [0.1, 0.15) is 153 Å². The number of nitrogens with zero attached hydrogens (tertiary/aromatic N) is 1. The lowest BCUT2D eigenvalue weighted by atomic mass is 9.65. The minimum Gasteiger partial charge on any atom is -0.313 e. The van der Waals surface area contributed by atoms with E-state index in [1.807, 2.05) is 12.3 Å². The van der Waals surface area contributed by atoms with Crippen molar-refractivity contribution in [3.8, 4) is 0 Å². The summed E-state index contributed by atoms with van der Waals surface area (Å²) < 4.78 is 0. The van der Waals surface area contributed by atoms with E-state index in [0.717, 1.165) is 29.6 Å². The zero-order chi connectivity index (χ0) is 33.6.